The van der Waals surface area contributed by atoms with Gasteiger partial charge >= 0.3 is 0 Å². The van der Waals surface area contributed by atoms with Gasteiger partial charge in [0.15, 0.2) is 0 Å². The second-order valence-electron chi connectivity index (χ2n) is 5.48. The fourth-order valence-corrected chi connectivity index (χ4v) is 2.86. The van der Waals surface area contributed by atoms with Crippen molar-refractivity contribution in [1.29, 1.82) is 0 Å². The Morgan fingerprint density at radius 2 is 2.08 bits per heavy atom. The third-order valence-electron chi connectivity index (χ3n) is 3.87. The Morgan fingerprint density at radius 1 is 1.32 bits per heavy atom. The van der Waals surface area contributed by atoms with Crippen molar-refractivity contribution in [3.63, 3.8) is 0 Å². The zero-order valence-corrected chi connectivity index (χ0v) is 14.2. The van der Waals surface area contributed by atoms with Crippen LogP contribution in [0.4, 0.5) is 5.69 Å². The third-order valence-corrected chi connectivity index (χ3v) is 4.20. The van der Waals surface area contributed by atoms with Gasteiger partial charge in [-0.05, 0) is 25.1 Å². The summed E-state index contributed by atoms with van der Waals surface area (Å²) in [6.45, 7) is 2.78. The summed E-state index contributed by atoms with van der Waals surface area (Å²) in [6, 6.07) is 11.5. The zero-order chi connectivity index (χ0) is 18.0. The summed E-state index contributed by atoms with van der Waals surface area (Å²) >= 11 is 5.98. The Balaban J connectivity index is 1.72. The fourth-order valence-electron chi connectivity index (χ4n) is 2.66. The number of imidazole rings is 1. The van der Waals surface area contributed by atoms with Crippen LogP contribution in [0.1, 0.15) is 16.2 Å². The summed E-state index contributed by atoms with van der Waals surface area (Å²) in [5, 5.41) is 13.8. The van der Waals surface area contributed by atoms with Gasteiger partial charge in [-0.25, -0.2) is 4.98 Å². The number of aromatic nitrogens is 2. The lowest BCUT2D eigenvalue weighted by Gasteiger charge is -2.09. The molecule has 3 aromatic rings. The molecule has 0 radical (unpaired) electrons. The van der Waals surface area contributed by atoms with Gasteiger partial charge in [0.05, 0.1) is 26.5 Å². The Morgan fingerprint density at radius 3 is 2.84 bits per heavy atom. The monoisotopic (exact) mass is 358 g/mol. The van der Waals surface area contributed by atoms with Crippen molar-refractivity contribution < 1.29 is 9.72 Å². The van der Waals surface area contributed by atoms with Gasteiger partial charge in [-0.15, -0.1) is 0 Å². The van der Waals surface area contributed by atoms with E-state index in [0.29, 0.717) is 13.1 Å². The molecule has 8 heteroatoms. The highest BCUT2D eigenvalue weighted by molar-refractivity contribution is 6.33. The predicted molar refractivity (Wildman–Crippen MR) is 94.9 cm³/mol. The first-order valence-corrected chi connectivity index (χ1v) is 7.99. The van der Waals surface area contributed by atoms with Crippen molar-refractivity contribution >= 4 is 34.2 Å². The molecule has 128 valence electrons. The Kier molecular flexibility index (Phi) is 4.67. The van der Waals surface area contributed by atoms with Gasteiger partial charge < -0.3 is 9.88 Å². The van der Waals surface area contributed by atoms with Gasteiger partial charge in [-0.3, -0.25) is 14.9 Å². The van der Waals surface area contributed by atoms with E-state index in [1.54, 1.807) is 0 Å². The highest BCUT2D eigenvalue weighted by atomic mass is 35.5. The molecule has 1 amide bonds. The maximum Gasteiger partial charge on any atom is 0.270 e. The first-order valence-electron chi connectivity index (χ1n) is 7.61. The highest BCUT2D eigenvalue weighted by Gasteiger charge is 2.15. The topological polar surface area (TPSA) is 90.1 Å². The maximum absolute atomic E-state index is 12.3. The van der Waals surface area contributed by atoms with E-state index in [2.05, 4.69) is 10.3 Å². The largest absolute Gasteiger partial charge is 0.350 e. The molecule has 2 aromatic carbocycles. The van der Waals surface area contributed by atoms with E-state index in [1.807, 2.05) is 35.8 Å². The smallest absolute Gasteiger partial charge is 0.270 e. The molecule has 0 saturated carbocycles. The lowest BCUT2D eigenvalue weighted by molar-refractivity contribution is -0.384. The van der Waals surface area contributed by atoms with Crippen molar-refractivity contribution in [3.05, 3.63) is 69.0 Å². The number of hydrogen-bond acceptors (Lipinski definition) is 4. The summed E-state index contributed by atoms with van der Waals surface area (Å²) in [5.74, 6) is 0.402. The number of para-hydroxylation sites is 2. The van der Waals surface area contributed by atoms with E-state index in [9.17, 15) is 14.9 Å². The number of amides is 1. The van der Waals surface area contributed by atoms with E-state index in [1.165, 1.54) is 18.2 Å². The van der Waals surface area contributed by atoms with Crippen LogP contribution < -0.4 is 5.32 Å². The van der Waals surface area contributed by atoms with E-state index >= 15 is 0 Å². The molecule has 25 heavy (non-hydrogen) atoms. The van der Waals surface area contributed by atoms with Gasteiger partial charge in [0, 0.05) is 25.2 Å². The number of non-ortho nitro benzene ring substituents is 1. The SMILES string of the molecule is Cc1nc2ccccc2n1CCNC(=O)c1cc([N+](=O)[O-])ccc1Cl. The van der Waals surface area contributed by atoms with Gasteiger partial charge in [0.25, 0.3) is 11.6 Å². The minimum atomic E-state index is -0.561. The van der Waals surface area contributed by atoms with Crippen molar-refractivity contribution in [2.24, 2.45) is 0 Å². The summed E-state index contributed by atoms with van der Waals surface area (Å²) in [6.07, 6.45) is 0. The molecule has 0 unspecified atom stereocenters. The number of nitro benzene ring substituents is 1. The van der Waals surface area contributed by atoms with Crippen LogP contribution in [0.15, 0.2) is 42.5 Å². The third kappa shape index (κ3) is 3.46. The van der Waals surface area contributed by atoms with Crippen molar-refractivity contribution in [3.8, 4) is 0 Å². The van der Waals surface area contributed by atoms with Crippen LogP contribution in [0.25, 0.3) is 11.0 Å². The Labute approximate surface area is 148 Å². The van der Waals surface area contributed by atoms with E-state index < -0.39 is 10.8 Å². The van der Waals surface area contributed by atoms with Crippen LogP contribution in [0, 0.1) is 17.0 Å². The molecule has 1 heterocycles. The number of rotatable bonds is 5. The van der Waals surface area contributed by atoms with E-state index in [-0.39, 0.29) is 16.3 Å². The molecule has 0 aliphatic heterocycles. The molecule has 0 spiro atoms. The Bertz CT molecular complexity index is 968. The molecule has 0 aliphatic carbocycles. The van der Waals surface area contributed by atoms with Crippen LogP contribution in [0.3, 0.4) is 0 Å². The van der Waals surface area contributed by atoms with Crippen LogP contribution >= 0.6 is 11.6 Å². The van der Waals surface area contributed by atoms with Crippen LogP contribution in [-0.2, 0) is 6.54 Å². The van der Waals surface area contributed by atoms with Gasteiger partial charge in [-0.1, -0.05) is 23.7 Å². The number of hydrogen-bond donors (Lipinski definition) is 1. The minimum absolute atomic E-state index is 0.0862. The summed E-state index contributed by atoms with van der Waals surface area (Å²) in [5.41, 5.74) is 1.80. The normalized spacial score (nSPS) is 10.8. The molecule has 1 aromatic heterocycles. The lowest BCUT2D eigenvalue weighted by atomic mass is 10.2. The van der Waals surface area contributed by atoms with Crippen LogP contribution in [0.5, 0.6) is 0 Å². The van der Waals surface area contributed by atoms with Gasteiger partial charge in [-0.2, -0.15) is 0 Å². The standard InChI is InChI=1S/C17H15ClN4O3/c1-11-20-15-4-2-3-5-16(15)21(11)9-8-19-17(23)13-10-12(22(24)25)6-7-14(13)18/h2-7,10H,8-9H2,1H3,(H,19,23). The number of benzene rings is 2. The number of aryl methyl sites for hydroxylation is 1. The average molecular weight is 359 g/mol. The number of carbonyl (C=O) groups is 1. The number of nitrogens with one attached hydrogen (secondary N) is 1. The number of nitro groups is 1. The molecular weight excluding hydrogens is 344 g/mol. The molecular formula is C17H15ClN4O3. The average Bonchev–Trinajstić information content (AvgIpc) is 2.90. The number of halogens is 1. The van der Waals surface area contributed by atoms with E-state index in [4.69, 9.17) is 11.6 Å². The fraction of sp³-hybridized carbons (Fsp3) is 0.176. The van der Waals surface area contributed by atoms with E-state index in [0.717, 1.165) is 16.9 Å². The molecule has 1 N–H and O–H groups in total. The van der Waals surface area contributed by atoms with Crippen molar-refractivity contribution in [2.45, 2.75) is 13.5 Å². The summed E-state index contributed by atoms with van der Waals surface area (Å²) in [7, 11) is 0. The van der Waals surface area contributed by atoms with Crippen molar-refractivity contribution in [2.75, 3.05) is 6.54 Å². The summed E-state index contributed by atoms with van der Waals surface area (Å²) in [4.78, 5) is 27.0. The molecule has 0 bridgehead atoms. The first-order chi connectivity index (χ1) is 12.0. The second kappa shape index (κ2) is 6.90. The number of nitrogens with zero attached hydrogens (tertiary/aromatic N) is 3. The minimum Gasteiger partial charge on any atom is -0.350 e. The van der Waals surface area contributed by atoms with Gasteiger partial charge in [0.1, 0.15) is 5.82 Å². The molecule has 3 rings (SSSR count). The Hall–Kier alpha value is -2.93. The van der Waals surface area contributed by atoms with Crippen LogP contribution in [-0.4, -0.2) is 26.9 Å². The maximum atomic E-state index is 12.3. The quantitative estimate of drug-likeness (QED) is 0.559. The highest BCUT2D eigenvalue weighted by Crippen LogP contribution is 2.22. The molecule has 0 saturated heterocycles. The first kappa shape index (κ1) is 16.9. The van der Waals surface area contributed by atoms with Crippen LogP contribution in [0.2, 0.25) is 5.02 Å². The molecule has 0 aliphatic rings. The molecule has 0 atom stereocenters. The molecule has 7 nitrogen and oxygen atoms in total. The lowest BCUT2D eigenvalue weighted by Crippen LogP contribution is -2.27. The van der Waals surface area contributed by atoms with Gasteiger partial charge in [0.2, 0.25) is 0 Å². The molecule has 0 fully saturated rings. The summed E-state index contributed by atoms with van der Waals surface area (Å²) < 4.78 is 2.00. The number of fused-ring (bicyclic) bond motifs is 1. The number of carbonyl (C=O) groups excluding carboxylic acids is 1. The zero-order valence-electron chi connectivity index (χ0n) is 13.4. The second-order valence-corrected chi connectivity index (χ2v) is 5.88. The predicted octanol–water partition coefficient (Wildman–Crippen LogP) is 3.34. The van der Waals surface area contributed by atoms with Crippen molar-refractivity contribution in [1.82, 2.24) is 14.9 Å².